The van der Waals surface area contributed by atoms with Gasteiger partial charge in [0.15, 0.2) is 5.65 Å². The van der Waals surface area contributed by atoms with E-state index in [1.54, 1.807) is 0 Å². The van der Waals surface area contributed by atoms with Crippen LogP contribution in [-0.2, 0) is 17.8 Å². The maximum absolute atomic E-state index is 12.2. The summed E-state index contributed by atoms with van der Waals surface area (Å²) in [5.74, 6) is 0.778. The third kappa shape index (κ3) is 3.21. The fourth-order valence-electron chi connectivity index (χ4n) is 2.88. The quantitative estimate of drug-likeness (QED) is 0.600. The Morgan fingerprint density at radius 1 is 1.12 bits per heavy atom. The molecule has 126 valence electrons. The molecule has 0 fully saturated rings. The van der Waals surface area contributed by atoms with Crippen LogP contribution in [0.25, 0.3) is 16.6 Å². The predicted molar refractivity (Wildman–Crippen MR) is 96.6 cm³/mol. The smallest absolute Gasteiger partial charge is 0.239 e. The highest BCUT2D eigenvalue weighted by Gasteiger charge is 2.08. The standard InChI is InChI=1S/C18H16ClN5O/c19-14-5-4-13-7-10-23(15(13)11-14)12-18(25)20-8-6-17-22-21-16-3-1-2-9-24(16)17/h1-5,7,9-11H,6,8,12H2,(H,20,25). The molecule has 25 heavy (non-hydrogen) atoms. The van der Waals surface area contributed by atoms with Gasteiger partial charge in [-0.05, 0) is 35.7 Å². The minimum absolute atomic E-state index is 0.0497. The molecule has 6 nitrogen and oxygen atoms in total. The van der Waals surface area contributed by atoms with Gasteiger partial charge in [-0.25, -0.2) is 0 Å². The highest BCUT2D eigenvalue weighted by Crippen LogP contribution is 2.20. The van der Waals surface area contributed by atoms with Crippen molar-refractivity contribution in [3.63, 3.8) is 0 Å². The van der Waals surface area contributed by atoms with Gasteiger partial charge in [-0.15, -0.1) is 10.2 Å². The molecular formula is C18H16ClN5O. The largest absolute Gasteiger partial charge is 0.354 e. The summed E-state index contributed by atoms with van der Waals surface area (Å²) in [5, 5.41) is 12.9. The molecule has 0 aliphatic carbocycles. The highest BCUT2D eigenvalue weighted by molar-refractivity contribution is 6.31. The average molecular weight is 354 g/mol. The number of amides is 1. The maximum Gasteiger partial charge on any atom is 0.239 e. The molecule has 0 saturated heterocycles. The van der Waals surface area contributed by atoms with Crippen molar-refractivity contribution in [3.05, 3.63) is 65.7 Å². The van der Waals surface area contributed by atoms with Crippen molar-refractivity contribution in [2.24, 2.45) is 0 Å². The van der Waals surface area contributed by atoms with Crippen LogP contribution in [0.3, 0.4) is 0 Å². The fraction of sp³-hybridized carbons (Fsp3) is 0.167. The number of hydrogen-bond donors (Lipinski definition) is 1. The van der Waals surface area contributed by atoms with Crippen LogP contribution < -0.4 is 5.32 Å². The van der Waals surface area contributed by atoms with Crippen LogP contribution in [0.2, 0.25) is 5.02 Å². The minimum Gasteiger partial charge on any atom is -0.354 e. The van der Waals surface area contributed by atoms with E-state index in [0.29, 0.717) is 18.0 Å². The van der Waals surface area contributed by atoms with Crippen molar-refractivity contribution in [2.45, 2.75) is 13.0 Å². The van der Waals surface area contributed by atoms with Crippen molar-refractivity contribution in [2.75, 3.05) is 6.54 Å². The Bertz CT molecular complexity index is 1050. The van der Waals surface area contributed by atoms with Crippen LogP contribution in [0.5, 0.6) is 0 Å². The summed E-state index contributed by atoms with van der Waals surface area (Å²) in [6.07, 6.45) is 4.43. The summed E-state index contributed by atoms with van der Waals surface area (Å²) in [6.45, 7) is 0.763. The van der Waals surface area contributed by atoms with Gasteiger partial charge in [0.25, 0.3) is 0 Å². The van der Waals surface area contributed by atoms with E-state index in [2.05, 4.69) is 15.5 Å². The van der Waals surface area contributed by atoms with Gasteiger partial charge in [-0.3, -0.25) is 9.20 Å². The van der Waals surface area contributed by atoms with Gasteiger partial charge >= 0.3 is 0 Å². The molecule has 1 amide bonds. The lowest BCUT2D eigenvalue weighted by Gasteiger charge is -2.07. The zero-order valence-corrected chi connectivity index (χ0v) is 14.1. The van der Waals surface area contributed by atoms with Crippen molar-refractivity contribution in [1.29, 1.82) is 0 Å². The van der Waals surface area contributed by atoms with Gasteiger partial charge < -0.3 is 9.88 Å². The van der Waals surface area contributed by atoms with E-state index in [4.69, 9.17) is 11.6 Å². The summed E-state index contributed by atoms with van der Waals surface area (Å²) < 4.78 is 3.82. The molecule has 4 aromatic rings. The van der Waals surface area contributed by atoms with Crippen LogP contribution in [0.4, 0.5) is 0 Å². The summed E-state index contributed by atoms with van der Waals surface area (Å²) in [7, 11) is 0. The summed E-state index contributed by atoms with van der Waals surface area (Å²) in [5.41, 5.74) is 1.76. The molecule has 1 N–H and O–H groups in total. The molecule has 7 heteroatoms. The third-order valence-electron chi connectivity index (χ3n) is 4.11. The number of nitrogens with one attached hydrogen (secondary N) is 1. The van der Waals surface area contributed by atoms with Gasteiger partial charge in [0.05, 0.1) is 0 Å². The third-order valence-corrected chi connectivity index (χ3v) is 4.34. The Kier molecular flexibility index (Phi) is 4.11. The zero-order valence-electron chi connectivity index (χ0n) is 13.4. The number of halogens is 1. The van der Waals surface area contributed by atoms with E-state index >= 15 is 0 Å². The first-order valence-corrected chi connectivity index (χ1v) is 8.38. The van der Waals surface area contributed by atoms with E-state index in [1.807, 2.05) is 63.8 Å². The van der Waals surface area contributed by atoms with Crippen LogP contribution in [-0.4, -0.2) is 31.6 Å². The van der Waals surface area contributed by atoms with Crippen LogP contribution >= 0.6 is 11.6 Å². The number of rotatable bonds is 5. The predicted octanol–water partition coefficient (Wildman–Crippen LogP) is 2.70. The first-order valence-electron chi connectivity index (χ1n) is 8.00. The molecule has 0 saturated carbocycles. The molecule has 0 atom stereocenters. The number of hydrogen-bond acceptors (Lipinski definition) is 3. The number of carbonyl (C=O) groups excluding carboxylic acids is 1. The molecule has 4 rings (SSSR count). The molecule has 0 unspecified atom stereocenters. The molecule has 0 bridgehead atoms. The van der Waals surface area contributed by atoms with Crippen molar-refractivity contribution < 1.29 is 4.79 Å². The van der Waals surface area contributed by atoms with E-state index in [1.165, 1.54) is 0 Å². The lowest BCUT2D eigenvalue weighted by Crippen LogP contribution is -2.29. The summed E-state index contributed by atoms with van der Waals surface area (Å²) in [6, 6.07) is 13.4. The van der Waals surface area contributed by atoms with Gasteiger partial charge in [-0.1, -0.05) is 23.7 Å². The van der Waals surface area contributed by atoms with E-state index in [9.17, 15) is 4.79 Å². The number of benzene rings is 1. The molecular weight excluding hydrogens is 338 g/mol. The number of fused-ring (bicyclic) bond motifs is 2. The monoisotopic (exact) mass is 353 g/mol. The Labute approximate surface area is 149 Å². The molecule has 0 spiro atoms. The topological polar surface area (TPSA) is 64.2 Å². The number of nitrogens with zero attached hydrogens (tertiary/aromatic N) is 4. The Morgan fingerprint density at radius 3 is 2.96 bits per heavy atom. The lowest BCUT2D eigenvalue weighted by molar-refractivity contribution is -0.121. The van der Waals surface area contributed by atoms with E-state index in [0.717, 1.165) is 22.4 Å². The average Bonchev–Trinajstić information content (AvgIpc) is 3.20. The SMILES string of the molecule is O=C(Cn1ccc2ccc(Cl)cc21)NCCc1nnc2ccccn12. The molecule has 0 radical (unpaired) electrons. The second-order valence-corrected chi connectivity index (χ2v) is 6.23. The van der Waals surface area contributed by atoms with Gasteiger partial charge in [0, 0.05) is 35.9 Å². The van der Waals surface area contributed by atoms with Gasteiger partial charge in [0.1, 0.15) is 12.4 Å². The number of pyridine rings is 1. The first kappa shape index (κ1) is 15.7. The zero-order chi connectivity index (χ0) is 17.2. The van der Waals surface area contributed by atoms with Crippen molar-refractivity contribution in [1.82, 2.24) is 24.5 Å². The van der Waals surface area contributed by atoms with Crippen molar-refractivity contribution >= 4 is 34.1 Å². The van der Waals surface area contributed by atoms with Crippen LogP contribution in [0.1, 0.15) is 5.82 Å². The maximum atomic E-state index is 12.2. The summed E-state index contributed by atoms with van der Waals surface area (Å²) >= 11 is 6.04. The van der Waals surface area contributed by atoms with Crippen molar-refractivity contribution in [3.8, 4) is 0 Å². The normalized spacial score (nSPS) is 11.2. The molecule has 3 heterocycles. The Morgan fingerprint density at radius 2 is 2.04 bits per heavy atom. The molecule has 0 aliphatic heterocycles. The second kappa shape index (κ2) is 6.57. The highest BCUT2D eigenvalue weighted by atomic mass is 35.5. The lowest BCUT2D eigenvalue weighted by atomic mass is 10.2. The number of aromatic nitrogens is 4. The van der Waals surface area contributed by atoms with Gasteiger partial charge in [0.2, 0.25) is 5.91 Å². The second-order valence-electron chi connectivity index (χ2n) is 5.79. The number of carbonyl (C=O) groups is 1. The first-order chi connectivity index (χ1) is 12.2. The minimum atomic E-state index is -0.0497. The Balaban J connectivity index is 1.38. The van der Waals surface area contributed by atoms with E-state index < -0.39 is 0 Å². The Hall–Kier alpha value is -2.86. The molecule has 0 aliphatic rings. The van der Waals surface area contributed by atoms with Gasteiger partial charge in [-0.2, -0.15) is 0 Å². The van der Waals surface area contributed by atoms with Crippen LogP contribution in [0, 0.1) is 0 Å². The fourth-order valence-corrected chi connectivity index (χ4v) is 3.05. The summed E-state index contributed by atoms with van der Waals surface area (Å²) in [4.78, 5) is 12.2. The van der Waals surface area contributed by atoms with Crippen LogP contribution in [0.15, 0.2) is 54.9 Å². The van der Waals surface area contributed by atoms with E-state index in [-0.39, 0.29) is 12.5 Å². The molecule has 3 aromatic heterocycles. The molecule has 1 aromatic carbocycles.